The molecule has 8 nitrogen and oxygen atoms in total. The van der Waals surface area contributed by atoms with Crippen LogP contribution in [0.5, 0.6) is 11.6 Å². The number of hydrogen-bond donors (Lipinski definition) is 3. The fraction of sp³-hybridized carbons (Fsp3) is 0.429. The van der Waals surface area contributed by atoms with Gasteiger partial charge in [-0.3, -0.25) is 4.57 Å². The zero-order chi connectivity index (χ0) is 27.4. The van der Waals surface area contributed by atoms with E-state index in [1.165, 1.54) is 17.3 Å². The molecule has 1 atom stereocenters. The van der Waals surface area contributed by atoms with E-state index in [9.17, 15) is 4.57 Å². The monoisotopic (exact) mass is 557 g/mol. The number of halogens is 1. The molecule has 1 aliphatic heterocycles. The van der Waals surface area contributed by atoms with E-state index in [2.05, 4.69) is 39.7 Å². The number of nitrogens with one attached hydrogen (secondary N) is 2. The Balaban J connectivity index is 1.67. The Hall–Kier alpha value is -2.80. The molecule has 1 saturated heterocycles. The average molecular weight is 558 g/mol. The first-order chi connectivity index (χ1) is 18.1. The SMILES string of the molecule is Cc1cc(Nc2ncc(Cl)c(OP(=O)(c3ccccc3N)C(C)C)n2)c(OC(C)C)cc1C1CCNCC1. The van der Waals surface area contributed by atoms with Crippen LogP contribution in [0.25, 0.3) is 0 Å². The van der Waals surface area contributed by atoms with Gasteiger partial charge in [0.25, 0.3) is 7.37 Å². The van der Waals surface area contributed by atoms with Crippen molar-refractivity contribution in [3.63, 3.8) is 0 Å². The summed E-state index contributed by atoms with van der Waals surface area (Å²) in [5.41, 5.74) is 9.40. The molecule has 4 N–H and O–H groups in total. The standard InChI is InChI=1S/C28H37ClN5O3P/c1-17(2)36-25-15-21(20-10-12-31-13-11-20)19(5)14-24(25)33-28-32-16-22(29)27(34-28)37-38(35,18(3)4)26-9-7-6-8-23(26)30/h6-9,14-18,20,31H,10-13,30H2,1-5H3,(H,32,33,34). The summed E-state index contributed by atoms with van der Waals surface area (Å²) in [7, 11) is -3.45. The number of ether oxygens (including phenoxy) is 1. The van der Waals surface area contributed by atoms with Gasteiger partial charge in [0, 0.05) is 11.3 Å². The number of aromatic nitrogens is 2. The van der Waals surface area contributed by atoms with Crippen molar-refractivity contribution < 1.29 is 13.8 Å². The number of para-hydroxylation sites is 1. The molecule has 4 rings (SSSR count). The van der Waals surface area contributed by atoms with E-state index in [0.29, 0.717) is 16.9 Å². The lowest BCUT2D eigenvalue weighted by Gasteiger charge is -2.26. The van der Waals surface area contributed by atoms with Gasteiger partial charge in [-0.1, -0.05) is 37.6 Å². The Kier molecular flexibility index (Phi) is 8.86. The van der Waals surface area contributed by atoms with Crippen LogP contribution in [0.15, 0.2) is 42.6 Å². The summed E-state index contributed by atoms with van der Waals surface area (Å²) in [5, 5.41) is 7.30. The number of aryl methyl sites for hydroxylation is 1. The van der Waals surface area contributed by atoms with E-state index in [1.807, 2.05) is 27.7 Å². The van der Waals surface area contributed by atoms with Gasteiger partial charge in [-0.25, -0.2) is 4.98 Å². The molecule has 0 amide bonds. The van der Waals surface area contributed by atoms with E-state index < -0.39 is 7.37 Å². The first-order valence-electron chi connectivity index (χ1n) is 13.0. The average Bonchev–Trinajstić information content (AvgIpc) is 2.88. The number of nitrogens with zero attached hydrogens (tertiary/aromatic N) is 2. The smallest absolute Gasteiger partial charge is 0.283 e. The highest BCUT2D eigenvalue weighted by Crippen LogP contribution is 2.52. The molecule has 1 fully saturated rings. The van der Waals surface area contributed by atoms with Gasteiger partial charge in [-0.2, -0.15) is 4.98 Å². The summed E-state index contributed by atoms with van der Waals surface area (Å²) in [5.74, 6) is 1.49. The van der Waals surface area contributed by atoms with E-state index in [4.69, 9.17) is 26.6 Å². The van der Waals surface area contributed by atoms with Crippen LogP contribution in [0.1, 0.15) is 57.6 Å². The summed E-state index contributed by atoms with van der Waals surface area (Å²) in [4.78, 5) is 8.85. The third kappa shape index (κ3) is 6.25. The van der Waals surface area contributed by atoms with Crippen LogP contribution in [0.3, 0.4) is 0 Å². The highest BCUT2D eigenvalue weighted by Gasteiger charge is 2.35. The van der Waals surface area contributed by atoms with Crippen molar-refractivity contribution in [3.05, 3.63) is 58.7 Å². The van der Waals surface area contributed by atoms with Crippen molar-refractivity contribution >= 4 is 41.6 Å². The second-order valence-corrected chi connectivity index (χ2v) is 13.5. The molecular formula is C28H37ClN5O3P. The zero-order valence-corrected chi connectivity index (χ0v) is 24.3. The molecule has 0 bridgehead atoms. The number of nitrogen functional groups attached to an aromatic ring is 1. The molecule has 0 saturated carbocycles. The summed E-state index contributed by atoms with van der Waals surface area (Å²) in [6.07, 6.45) is 3.61. The van der Waals surface area contributed by atoms with Crippen molar-refractivity contribution in [1.82, 2.24) is 15.3 Å². The summed E-state index contributed by atoms with van der Waals surface area (Å²) in [6.45, 7) is 11.8. The zero-order valence-electron chi connectivity index (χ0n) is 22.6. The molecule has 10 heteroatoms. The molecular weight excluding hydrogens is 521 g/mol. The van der Waals surface area contributed by atoms with E-state index in [-0.39, 0.29) is 28.6 Å². The minimum Gasteiger partial charge on any atom is -0.489 e. The number of rotatable bonds is 9. The number of nitrogens with two attached hydrogens (primary N) is 1. The second-order valence-electron chi connectivity index (χ2n) is 10.2. The summed E-state index contributed by atoms with van der Waals surface area (Å²) in [6, 6.07) is 11.2. The Morgan fingerprint density at radius 2 is 1.87 bits per heavy atom. The fourth-order valence-corrected chi connectivity index (χ4v) is 6.83. The van der Waals surface area contributed by atoms with Gasteiger partial charge in [-0.15, -0.1) is 0 Å². The highest BCUT2D eigenvalue weighted by molar-refractivity contribution is 7.68. The van der Waals surface area contributed by atoms with Crippen molar-refractivity contribution in [3.8, 4) is 11.6 Å². The normalized spacial score (nSPS) is 15.9. The quantitative estimate of drug-likeness (QED) is 0.204. The van der Waals surface area contributed by atoms with Crippen LogP contribution in [0.4, 0.5) is 17.3 Å². The molecule has 38 heavy (non-hydrogen) atoms. The molecule has 0 radical (unpaired) electrons. The van der Waals surface area contributed by atoms with Crippen LogP contribution >= 0.6 is 19.0 Å². The van der Waals surface area contributed by atoms with Crippen LogP contribution in [-0.2, 0) is 4.57 Å². The lowest BCUT2D eigenvalue weighted by Crippen LogP contribution is -2.27. The van der Waals surface area contributed by atoms with Crippen LogP contribution < -0.4 is 30.9 Å². The highest BCUT2D eigenvalue weighted by atomic mass is 35.5. The molecule has 0 aliphatic carbocycles. The van der Waals surface area contributed by atoms with Gasteiger partial charge in [-0.05, 0) is 88.0 Å². The minimum atomic E-state index is -3.45. The van der Waals surface area contributed by atoms with E-state index in [0.717, 1.165) is 37.4 Å². The molecule has 204 valence electrons. The van der Waals surface area contributed by atoms with Gasteiger partial charge in [0.15, 0.2) is 0 Å². The van der Waals surface area contributed by atoms with Crippen LogP contribution in [0.2, 0.25) is 5.02 Å². The van der Waals surface area contributed by atoms with Gasteiger partial charge >= 0.3 is 0 Å². The number of piperidine rings is 1. The topological polar surface area (TPSA) is 111 Å². The lowest BCUT2D eigenvalue weighted by molar-refractivity contribution is 0.243. The Labute approximate surface area is 230 Å². The Morgan fingerprint density at radius 1 is 1.16 bits per heavy atom. The van der Waals surface area contributed by atoms with Crippen molar-refractivity contribution in [1.29, 1.82) is 0 Å². The van der Waals surface area contributed by atoms with Crippen molar-refractivity contribution in [2.24, 2.45) is 0 Å². The summed E-state index contributed by atoms with van der Waals surface area (Å²) >= 11 is 6.41. The molecule has 2 aromatic carbocycles. The molecule has 1 aromatic heterocycles. The van der Waals surface area contributed by atoms with Crippen LogP contribution in [-0.4, -0.2) is 34.8 Å². The first-order valence-corrected chi connectivity index (χ1v) is 15.1. The van der Waals surface area contributed by atoms with E-state index >= 15 is 0 Å². The van der Waals surface area contributed by atoms with Gasteiger partial charge in [0.05, 0.1) is 23.3 Å². The predicted octanol–water partition coefficient (Wildman–Crippen LogP) is 6.41. The third-order valence-electron chi connectivity index (χ3n) is 6.64. The minimum absolute atomic E-state index is 0.0163. The second kappa shape index (κ2) is 11.9. The molecule has 1 aliphatic rings. The molecule has 3 aromatic rings. The van der Waals surface area contributed by atoms with Crippen molar-refractivity contribution in [2.45, 2.75) is 65.1 Å². The van der Waals surface area contributed by atoms with E-state index in [1.54, 1.807) is 24.3 Å². The first kappa shape index (κ1) is 28.2. The molecule has 1 unspecified atom stereocenters. The van der Waals surface area contributed by atoms with Gasteiger partial charge in [0.1, 0.15) is 10.8 Å². The number of anilines is 3. The largest absolute Gasteiger partial charge is 0.489 e. The van der Waals surface area contributed by atoms with Gasteiger partial charge < -0.3 is 25.6 Å². The summed E-state index contributed by atoms with van der Waals surface area (Å²) < 4.78 is 26.3. The van der Waals surface area contributed by atoms with Gasteiger partial charge in [0.2, 0.25) is 11.8 Å². The fourth-order valence-electron chi connectivity index (χ4n) is 4.65. The lowest BCUT2D eigenvalue weighted by atomic mass is 9.87. The van der Waals surface area contributed by atoms with Crippen LogP contribution in [0, 0.1) is 6.92 Å². The molecule has 0 spiro atoms. The maximum Gasteiger partial charge on any atom is 0.283 e. The third-order valence-corrected chi connectivity index (χ3v) is 9.78. The number of hydrogen-bond acceptors (Lipinski definition) is 8. The maximum atomic E-state index is 14.1. The Morgan fingerprint density at radius 3 is 2.53 bits per heavy atom. The Bertz CT molecular complexity index is 1330. The molecule has 2 heterocycles. The predicted molar refractivity (Wildman–Crippen MR) is 156 cm³/mol. The maximum absolute atomic E-state index is 14.1. The van der Waals surface area contributed by atoms with Crippen molar-refractivity contribution in [2.75, 3.05) is 24.1 Å². The number of benzene rings is 2.